The van der Waals surface area contributed by atoms with Gasteiger partial charge in [-0.15, -0.1) is 0 Å². The van der Waals surface area contributed by atoms with E-state index in [9.17, 15) is 4.79 Å². The van der Waals surface area contributed by atoms with Crippen LogP contribution in [0.2, 0.25) is 0 Å². The molecule has 104 valence electrons. The van der Waals surface area contributed by atoms with E-state index in [1.165, 1.54) is 5.56 Å². The topological polar surface area (TPSA) is 63.2 Å². The average Bonchev–Trinajstić information content (AvgIpc) is 2.34. The van der Waals surface area contributed by atoms with Crippen molar-refractivity contribution in [2.75, 3.05) is 0 Å². The van der Waals surface area contributed by atoms with E-state index in [0.29, 0.717) is 0 Å². The number of carbonyl (C=O) groups excluding carboxylic acids is 1. The Balaban J connectivity index is 1.93. The number of amides is 1. The molecule has 1 atom stereocenters. The van der Waals surface area contributed by atoms with E-state index in [1.807, 2.05) is 26.8 Å². The van der Waals surface area contributed by atoms with Gasteiger partial charge in [-0.3, -0.25) is 10.4 Å². The molecule has 1 aromatic heterocycles. The van der Waals surface area contributed by atoms with Crippen molar-refractivity contribution in [3.63, 3.8) is 0 Å². The Labute approximate surface area is 113 Å². The number of hydrogen-bond acceptors (Lipinski definition) is 4. The van der Waals surface area contributed by atoms with Gasteiger partial charge in [0.1, 0.15) is 5.60 Å². The van der Waals surface area contributed by atoms with Gasteiger partial charge in [0.2, 0.25) is 0 Å². The number of carbonyl (C=O) groups is 1. The fourth-order valence-electron chi connectivity index (χ4n) is 2.20. The Kier molecular flexibility index (Phi) is 4.04. The van der Waals surface area contributed by atoms with E-state index in [1.54, 1.807) is 6.20 Å². The lowest BCUT2D eigenvalue weighted by molar-refractivity contribution is 0.0485. The molecule has 0 saturated heterocycles. The van der Waals surface area contributed by atoms with Crippen molar-refractivity contribution in [1.29, 1.82) is 0 Å². The molecule has 2 rings (SSSR count). The summed E-state index contributed by atoms with van der Waals surface area (Å²) in [6.07, 6.45) is 4.42. The normalized spacial score (nSPS) is 18.6. The second kappa shape index (κ2) is 5.57. The highest BCUT2D eigenvalue weighted by molar-refractivity contribution is 5.67. The van der Waals surface area contributed by atoms with Gasteiger partial charge in [-0.1, -0.05) is 6.07 Å². The van der Waals surface area contributed by atoms with E-state index < -0.39 is 11.7 Å². The predicted octanol–water partition coefficient (Wildman–Crippen LogP) is 2.49. The molecule has 5 nitrogen and oxygen atoms in total. The summed E-state index contributed by atoms with van der Waals surface area (Å²) in [5.41, 5.74) is 7.39. The molecule has 1 amide bonds. The van der Waals surface area contributed by atoms with Crippen LogP contribution in [0.25, 0.3) is 0 Å². The number of pyridine rings is 1. The first-order chi connectivity index (χ1) is 8.96. The predicted molar refractivity (Wildman–Crippen MR) is 72.4 cm³/mol. The van der Waals surface area contributed by atoms with Crippen LogP contribution in [0, 0.1) is 0 Å². The SMILES string of the molecule is CC(C)(C)OC(=O)NNC1CCCc2cccnc21. The molecule has 0 spiro atoms. The minimum absolute atomic E-state index is 0.0532. The third kappa shape index (κ3) is 3.92. The van der Waals surface area contributed by atoms with Crippen LogP contribution in [-0.2, 0) is 11.2 Å². The highest BCUT2D eigenvalue weighted by Crippen LogP contribution is 2.26. The second-order valence-electron chi connectivity index (χ2n) is 5.76. The van der Waals surface area contributed by atoms with E-state index in [2.05, 4.69) is 21.9 Å². The van der Waals surface area contributed by atoms with Crippen molar-refractivity contribution >= 4 is 6.09 Å². The monoisotopic (exact) mass is 263 g/mol. The van der Waals surface area contributed by atoms with Gasteiger partial charge in [-0.05, 0) is 51.7 Å². The van der Waals surface area contributed by atoms with Gasteiger partial charge in [0.05, 0.1) is 11.7 Å². The molecule has 0 bridgehead atoms. The van der Waals surface area contributed by atoms with Gasteiger partial charge in [0, 0.05) is 6.20 Å². The highest BCUT2D eigenvalue weighted by atomic mass is 16.6. The molecular formula is C14H21N3O2. The Hall–Kier alpha value is -1.62. The number of hydrogen-bond donors (Lipinski definition) is 2. The first kappa shape index (κ1) is 13.8. The van der Waals surface area contributed by atoms with Gasteiger partial charge in [0.25, 0.3) is 0 Å². The summed E-state index contributed by atoms with van der Waals surface area (Å²) in [5, 5.41) is 0. The summed E-state index contributed by atoms with van der Waals surface area (Å²) in [6.45, 7) is 5.51. The number of nitrogens with one attached hydrogen (secondary N) is 2. The van der Waals surface area contributed by atoms with Crippen LogP contribution in [0.15, 0.2) is 18.3 Å². The van der Waals surface area contributed by atoms with Crippen molar-refractivity contribution < 1.29 is 9.53 Å². The third-order valence-corrected chi connectivity index (χ3v) is 2.94. The molecule has 0 aromatic carbocycles. The van der Waals surface area contributed by atoms with Crippen molar-refractivity contribution in [2.24, 2.45) is 0 Å². The van der Waals surface area contributed by atoms with Crippen molar-refractivity contribution in [3.8, 4) is 0 Å². The Morgan fingerprint density at radius 2 is 2.26 bits per heavy atom. The number of aromatic nitrogens is 1. The third-order valence-electron chi connectivity index (χ3n) is 2.94. The van der Waals surface area contributed by atoms with E-state index in [-0.39, 0.29) is 6.04 Å². The molecule has 5 heteroatoms. The largest absolute Gasteiger partial charge is 0.443 e. The molecule has 0 radical (unpaired) electrons. The molecule has 0 fully saturated rings. The molecule has 19 heavy (non-hydrogen) atoms. The summed E-state index contributed by atoms with van der Waals surface area (Å²) in [7, 11) is 0. The van der Waals surface area contributed by atoms with E-state index >= 15 is 0 Å². The first-order valence-electron chi connectivity index (χ1n) is 6.64. The zero-order valence-electron chi connectivity index (χ0n) is 11.7. The summed E-state index contributed by atoms with van der Waals surface area (Å²) in [4.78, 5) is 16.0. The maximum Gasteiger partial charge on any atom is 0.422 e. The summed E-state index contributed by atoms with van der Waals surface area (Å²) < 4.78 is 5.18. The lowest BCUT2D eigenvalue weighted by Crippen LogP contribution is -2.44. The van der Waals surface area contributed by atoms with Crippen LogP contribution in [0.3, 0.4) is 0 Å². The van der Waals surface area contributed by atoms with Crippen molar-refractivity contribution in [1.82, 2.24) is 15.8 Å². The van der Waals surface area contributed by atoms with Crippen LogP contribution < -0.4 is 10.9 Å². The molecule has 1 aromatic rings. The minimum Gasteiger partial charge on any atom is -0.443 e. The van der Waals surface area contributed by atoms with Crippen LogP contribution in [0.1, 0.15) is 50.9 Å². The van der Waals surface area contributed by atoms with Crippen molar-refractivity contribution in [2.45, 2.75) is 51.7 Å². The molecule has 1 heterocycles. The fraction of sp³-hybridized carbons (Fsp3) is 0.571. The summed E-state index contributed by atoms with van der Waals surface area (Å²) in [6, 6.07) is 4.09. The van der Waals surface area contributed by atoms with Gasteiger partial charge in [-0.2, -0.15) is 0 Å². The Morgan fingerprint density at radius 1 is 1.47 bits per heavy atom. The lowest BCUT2D eigenvalue weighted by Gasteiger charge is -2.26. The number of ether oxygens (including phenoxy) is 1. The number of rotatable bonds is 2. The van der Waals surface area contributed by atoms with E-state index in [4.69, 9.17) is 4.74 Å². The molecule has 0 aliphatic heterocycles. The standard InChI is InChI=1S/C14H21N3O2/c1-14(2,3)19-13(18)17-16-11-8-4-6-10-7-5-9-15-12(10)11/h5,7,9,11,16H,4,6,8H2,1-3H3,(H,17,18). The smallest absolute Gasteiger partial charge is 0.422 e. The molecule has 2 N–H and O–H groups in total. The van der Waals surface area contributed by atoms with Gasteiger partial charge in [0.15, 0.2) is 0 Å². The molecule has 0 saturated carbocycles. The minimum atomic E-state index is -0.492. The van der Waals surface area contributed by atoms with Gasteiger partial charge < -0.3 is 4.74 Å². The number of fused-ring (bicyclic) bond motifs is 1. The number of hydrazine groups is 1. The van der Waals surface area contributed by atoms with Crippen LogP contribution in [-0.4, -0.2) is 16.7 Å². The second-order valence-corrected chi connectivity index (χ2v) is 5.76. The molecule has 1 unspecified atom stereocenters. The summed E-state index contributed by atoms with van der Waals surface area (Å²) >= 11 is 0. The first-order valence-corrected chi connectivity index (χ1v) is 6.64. The number of aryl methyl sites for hydroxylation is 1. The summed E-state index contributed by atoms with van der Waals surface area (Å²) in [5.74, 6) is 0. The Bertz CT molecular complexity index is 454. The quantitative estimate of drug-likeness (QED) is 0.805. The Morgan fingerprint density at radius 3 is 3.00 bits per heavy atom. The molecule has 1 aliphatic carbocycles. The fourth-order valence-corrected chi connectivity index (χ4v) is 2.20. The zero-order chi connectivity index (χ0) is 13.9. The maximum atomic E-state index is 11.6. The molecular weight excluding hydrogens is 242 g/mol. The lowest BCUT2D eigenvalue weighted by atomic mass is 9.92. The number of nitrogens with zero attached hydrogens (tertiary/aromatic N) is 1. The van der Waals surface area contributed by atoms with Crippen LogP contribution >= 0.6 is 0 Å². The van der Waals surface area contributed by atoms with Gasteiger partial charge in [-0.25, -0.2) is 10.2 Å². The van der Waals surface area contributed by atoms with Gasteiger partial charge >= 0.3 is 6.09 Å². The van der Waals surface area contributed by atoms with Crippen molar-refractivity contribution in [3.05, 3.63) is 29.6 Å². The zero-order valence-corrected chi connectivity index (χ0v) is 11.7. The average molecular weight is 263 g/mol. The molecule has 1 aliphatic rings. The van der Waals surface area contributed by atoms with Crippen LogP contribution in [0.5, 0.6) is 0 Å². The maximum absolute atomic E-state index is 11.6. The van der Waals surface area contributed by atoms with E-state index in [0.717, 1.165) is 25.0 Å². The highest BCUT2D eigenvalue weighted by Gasteiger charge is 2.22. The van der Waals surface area contributed by atoms with Crippen LogP contribution in [0.4, 0.5) is 4.79 Å².